The number of hydrogen-bond donors (Lipinski definition) is 1. The van der Waals surface area contributed by atoms with Crippen LogP contribution < -0.4 is 5.32 Å². The first-order valence-electron chi connectivity index (χ1n) is 6.92. The largest absolute Gasteiger partial charge is 0.309 e. The third-order valence-corrected chi connectivity index (χ3v) is 5.50. The predicted octanol–water partition coefficient (Wildman–Crippen LogP) is 4.73. The van der Waals surface area contributed by atoms with E-state index in [1.54, 1.807) is 6.07 Å². The van der Waals surface area contributed by atoms with Gasteiger partial charge in [0.15, 0.2) is 0 Å². The fraction of sp³-hybridized carbons (Fsp3) is 0.375. The number of halogens is 2. The smallest absolute Gasteiger partial charge is 0.123 e. The van der Waals surface area contributed by atoms with Crippen LogP contribution in [0.3, 0.4) is 0 Å². The fourth-order valence-electron chi connectivity index (χ4n) is 2.84. The van der Waals surface area contributed by atoms with Gasteiger partial charge in [0.2, 0.25) is 0 Å². The normalized spacial score (nSPS) is 15.9. The van der Waals surface area contributed by atoms with E-state index in [0.29, 0.717) is 5.02 Å². The van der Waals surface area contributed by atoms with Gasteiger partial charge in [-0.25, -0.2) is 4.39 Å². The minimum Gasteiger partial charge on any atom is -0.309 e. The molecule has 3 rings (SSSR count). The molecule has 1 aliphatic rings. The minimum absolute atomic E-state index is 0.0335. The van der Waals surface area contributed by atoms with Crippen LogP contribution in [0.5, 0.6) is 0 Å². The van der Waals surface area contributed by atoms with Gasteiger partial charge in [-0.15, -0.1) is 11.3 Å². The maximum absolute atomic E-state index is 13.5. The monoisotopic (exact) mass is 309 g/mol. The summed E-state index contributed by atoms with van der Waals surface area (Å²) in [4.78, 5) is 2.71. The molecule has 0 spiro atoms. The van der Waals surface area contributed by atoms with Crippen LogP contribution in [-0.4, -0.2) is 7.05 Å². The molecule has 1 nitrogen and oxygen atoms in total. The van der Waals surface area contributed by atoms with Gasteiger partial charge < -0.3 is 5.32 Å². The molecule has 0 amide bonds. The van der Waals surface area contributed by atoms with Gasteiger partial charge in [-0.3, -0.25) is 0 Å². The topological polar surface area (TPSA) is 12.0 Å². The Labute approximate surface area is 127 Å². The number of nitrogens with one attached hydrogen (secondary N) is 1. The zero-order valence-corrected chi connectivity index (χ0v) is 13.0. The molecule has 106 valence electrons. The average Bonchev–Trinajstić information content (AvgIpc) is 2.87. The van der Waals surface area contributed by atoms with Gasteiger partial charge in [0, 0.05) is 14.8 Å². The van der Waals surface area contributed by atoms with E-state index in [1.165, 1.54) is 53.1 Å². The van der Waals surface area contributed by atoms with Gasteiger partial charge >= 0.3 is 0 Å². The van der Waals surface area contributed by atoms with Crippen molar-refractivity contribution < 1.29 is 4.39 Å². The van der Waals surface area contributed by atoms with Gasteiger partial charge in [-0.1, -0.05) is 11.6 Å². The zero-order valence-electron chi connectivity index (χ0n) is 11.4. The van der Waals surface area contributed by atoms with E-state index >= 15 is 0 Å². The summed E-state index contributed by atoms with van der Waals surface area (Å²) >= 11 is 8.08. The number of aryl methyl sites for hydroxylation is 2. The summed E-state index contributed by atoms with van der Waals surface area (Å²) in [7, 11) is 1.89. The molecule has 0 saturated heterocycles. The lowest BCUT2D eigenvalue weighted by Crippen LogP contribution is -2.17. The molecular weight excluding hydrogens is 293 g/mol. The highest BCUT2D eigenvalue weighted by Crippen LogP contribution is 2.37. The van der Waals surface area contributed by atoms with E-state index in [4.69, 9.17) is 11.6 Å². The molecule has 1 unspecified atom stereocenters. The van der Waals surface area contributed by atoms with E-state index in [1.807, 2.05) is 18.4 Å². The summed E-state index contributed by atoms with van der Waals surface area (Å²) in [6.45, 7) is 0. The standard InChI is InChI=1S/C16H17ClFNS/c1-19-16(12-9-11(18)6-7-13(12)17)15-8-10-4-2-3-5-14(10)20-15/h6-9,16,19H,2-5H2,1H3. The van der Waals surface area contributed by atoms with Gasteiger partial charge in [-0.05, 0) is 68.1 Å². The molecule has 1 atom stereocenters. The molecule has 0 fully saturated rings. The molecule has 4 heteroatoms. The van der Waals surface area contributed by atoms with Crippen LogP contribution in [0.25, 0.3) is 0 Å². The highest BCUT2D eigenvalue weighted by Gasteiger charge is 2.21. The molecule has 1 aromatic heterocycles. The Bertz CT molecular complexity index is 599. The highest BCUT2D eigenvalue weighted by molar-refractivity contribution is 7.12. The first-order chi connectivity index (χ1) is 9.69. The lowest BCUT2D eigenvalue weighted by Gasteiger charge is -2.16. The van der Waals surface area contributed by atoms with Crippen molar-refractivity contribution in [2.24, 2.45) is 0 Å². The van der Waals surface area contributed by atoms with Crippen molar-refractivity contribution in [3.8, 4) is 0 Å². The SMILES string of the molecule is CNC(c1cc2c(s1)CCCC2)c1cc(F)ccc1Cl. The second kappa shape index (κ2) is 5.84. The van der Waals surface area contributed by atoms with Crippen LogP contribution in [0.4, 0.5) is 4.39 Å². The van der Waals surface area contributed by atoms with Crippen molar-refractivity contribution in [2.75, 3.05) is 7.05 Å². The second-order valence-electron chi connectivity index (χ2n) is 5.19. The predicted molar refractivity (Wildman–Crippen MR) is 83.3 cm³/mol. The fourth-order valence-corrected chi connectivity index (χ4v) is 4.46. The van der Waals surface area contributed by atoms with Crippen molar-refractivity contribution in [2.45, 2.75) is 31.7 Å². The summed E-state index contributed by atoms with van der Waals surface area (Å²) in [6.07, 6.45) is 4.89. The minimum atomic E-state index is -0.244. The van der Waals surface area contributed by atoms with Crippen LogP contribution in [0.1, 0.15) is 39.8 Å². The van der Waals surface area contributed by atoms with Crippen molar-refractivity contribution in [3.63, 3.8) is 0 Å². The molecule has 1 N–H and O–H groups in total. The molecule has 0 bridgehead atoms. The lowest BCUT2D eigenvalue weighted by atomic mass is 9.98. The zero-order chi connectivity index (χ0) is 14.1. The lowest BCUT2D eigenvalue weighted by molar-refractivity contribution is 0.618. The first kappa shape index (κ1) is 14.1. The van der Waals surface area contributed by atoms with Crippen LogP contribution in [-0.2, 0) is 12.8 Å². The highest BCUT2D eigenvalue weighted by atomic mass is 35.5. The molecule has 1 aliphatic carbocycles. The molecular formula is C16H17ClFNS. The van der Waals surface area contributed by atoms with Crippen molar-refractivity contribution in [3.05, 3.63) is 56.0 Å². The maximum Gasteiger partial charge on any atom is 0.123 e. The number of hydrogen-bond acceptors (Lipinski definition) is 2. The van der Waals surface area contributed by atoms with Crippen LogP contribution in [0, 0.1) is 5.82 Å². The number of rotatable bonds is 3. The Kier molecular flexibility index (Phi) is 4.11. The summed E-state index contributed by atoms with van der Waals surface area (Å²) in [6, 6.07) is 6.79. The Morgan fingerprint density at radius 1 is 1.25 bits per heavy atom. The third kappa shape index (κ3) is 2.62. The van der Waals surface area contributed by atoms with Crippen molar-refractivity contribution >= 4 is 22.9 Å². The molecule has 0 saturated carbocycles. The Morgan fingerprint density at radius 3 is 2.80 bits per heavy atom. The first-order valence-corrected chi connectivity index (χ1v) is 8.12. The Hall–Kier alpha value is -0.900. The molecule has 20 heavy (non-hydrogen) atoms. The summed E-state index contributed by atoms with van der Waals surface area (Å²) in [5, 5.41) is 3.88. The molecule has 0 radical (unpaired) electrons. The Morgan fingerprint density at radius 2 is 2.05 bits per heavy atom. The number of thiophene rings is 1. The maximum atomic E-state index is 13.5. The van der Waals surface area contributed by atoms with Crippen molar-refractivity contribution in [1.82, 2.24) is 5.32 Å². The number of fused-ring (bicyclic) bond motifs is 1. The molecule has 1 heterocycles. The quantitative estimate of drug-likeness (QED) is 0.864. The summed E-state index contributed by atoms with van der Waals surface area (Å²) in [5.74, 6) is -0.244. The van der Waals surface area contributed by atoms with Gasteiger partial charge in [-0.2, -0.15) is 0 Å². The van der Waals surface area contributed by atoms with Crippen LogP contribution >= 0.6 is 22.9 Å². The van der Waals surface area contributed by atoms with E-state index in [2.05, 4.69) is 11.4 Å². The molecule has 0 aliphatic heterocycles. The second-order valence-corrected chi connectivity index (χ2v) is 6.77. The van der Waals surface area contributed by atoms with E-state index in [0.717, 1.165) is 5.56 Å². The van der Waals surface area contributed by atoms with E-state index < -0.39 is 0 Å². The molecule has 1 aromatic carbocycles. The van der Waals surface area contributed by atoms with E-state index in [9.17, 15) is 4.39 Å². The van der Waals surface area contributed by atoms with Crippen LogP contribution in [0.15, 0.2) is 24.3 Å². The Balaban J connectivity index is 2.01. The average molecular weight is 310 g/mol. The van der Waals surface area contributed by atoms with Crippen molar-refractivity contribution in [1.29, 1.82) is 0 Å². The molecule has 2 aromatic rings. The third-order valence-electron chi connectivity index (χ3n) is 3.86. The van der Waals surface area contributed by atoms with Gasteiger partial charge in [0.1, 0.15) is 5.82 Å². The van der Waals surface area contributed by atoms with Gasteiger partial charge in [0.25, 0.3) is 0 Å². The van der Waals surface area contributed by atoms with Crippen LogP contribution in [0.2, 0.25) is 5.02 Å². The number of benzene rings is 1. The summed E-state index contributed by atoms with van der Waals surface area (Å²) in [5.41, 5.74) is 2.27. The van der Waals surface area contributed by atoms with Gasteiger partial charge in [0.05, 0.1) is 6.04 Å². The summed E-state index contributed by atoms with van der Waals surface area (Å²) < 4.78 is 13.5. The van der Waals surface area contributed by atoms with E-state index in [-0.39, 0.29) is 11.9 Å².